The van der Waals surface area contributed by atoms with Crippen molar-refractivity contribution in [1.82, 2.24) is 14.9 Å². The van der Waals surface area contributed by atoms with E-state index < -0.39 is 0 Å². The molecular formula is C15H24N4O. The molecule has 110 valence electrons. The lowest BCUT2D eigenvalue weighted by molar-refractivity contribution is 0.0781. The van der Waals surface area contributed by atoms with Crippen LogP contribution in [0.15, 0.2) is 6.20 Å². The van der Waals surface area contributed by atoms with Crippen LogP contribution >= 0.6 is 0 Å². The Hall–Kier alpha value is -1.65. The number of amides is 1. The van der Waals surface area contributed by atoms with Crippen LogP contribution in [-0.4, -0.2) is 41.4 Å². The number of rotatable bonds is 5. The molecule has 0 radical (unpaired) electrons. The Morgan fingerprint density at radius 1 is 1.55 bits per heavy atom. The summed E-state index contributed by atoms with van der Waals surface area (Å²) in [5.74, 6) is 2.28. The number of nitrogens with zero attached hydrogens (tertiary/aromatic N) is 3. The molecule has 5 nitrogen and oxygen atoms in total. The second kappa shape index (κ2) is 5.77. The third-order valence-electron chi connectivity index (χ3n) is 3.93. The highest BCUT2D eigenvalue weighted by molar-refractivity contribution is 5.97. The summed E-state index contributed by atoms with van der Waals surface area (Å²) < 4.78 is 0. The van der Waals surface area contributed by atoms with Gasteiger partial charge >= 0.3 is 0 Å². The number of hydrogen-bond donors (Lipinski definition) is 1. The van der Waals surface area contributed by atoms with Crippen molar-refractivity contribution in [1.29, 1.82) is 0 Å². The maximum absolute atomic E-state index is 12.6. The fourth-order valence-corrected chi connectivity index (χ4v) is 2.29. The monoisotopic (exact) mass is 276 g/mol. The van der Waals surface area contributed by atoms with E-state index in [1.165, 1.54) is 6.42 Å². The summed E-state index contributed by atoms with van der Waals surface area (Å²) in [6.07, 6.45) is 2.92. The second-order valence-electron chi connectivity index (χ2n) is 6.05. The molecule has 20 heavy (non-hydrogen) atoms. The Kier molecular flexibility index (Phi) is 4.26. The third-order valence-corrected chi connectivity index (χ3v) is 3.93. The lowest BCUT2D eigenvalue weighted by atomic mass is 10.2. The predicted molar refractivity (Wildman–Crippen MR) is 79.9 cm³/mol. The summed E-state index contributed by atoms with van der Waals surface area (Å²) in [5.41, 5.74) is 1.16. The molecular weight excluding hydrogens is 252 g/mol. The normalized spacial score (nSPS) is 20.9. The first-order chi connectivity index (χ1) is 9.43. The molecule has 0 aliphatic heterocycles. The van der Waals surface area contributed by atoms with E-state index in [4.69, 9.17) is 0 Å². The van der Waals surface area contributed by atoms with Crippen molar-refractivity contribution in [3.8, 4) is 0 Å². The molecule has 1 saturated carbocycles. The van der Waals surface area contributed by atoms with E-state index in [2.05, 4.69) is 22.2 Å². The van der Waals surface area contributed by atoms with Crippen molar-refractivity contribution in [3.63, 3.8) is 0 Å². The smallest absolute Gasteiger partial charge is 0.274 e. The average Bonchev–Trinajstić information content (AvgIpc) is 3.12. The summed E-state index contributed by atoms with van der Waals surface area (Å²) in [6, 6.07) is 0. The quantitative estimate of drug-likeness (QED) is 0.897. The molecule has 1 N–H and O–H groups in total. The molecule has 2 rings (SSSR count). The second-order valence-corrected chi connectivity index (χ2v) is 6.05. The SMILES string of the molecule is CNc1cnc(C(C)C)nc1C(=O)N(C)CC1CC1C. The predicted octanol–water partition coefficient (Wildman–Crippen LogP) is 2.37. The van der Waals surface area contributed by atoms with Crippen molar-refractivity contribution in [2.45, 2.75) is 33.1 Å². The van der Waals surface area contributed by atoms with E-state index >= 15 is 0 Å². The number of aromatic nitrogens is 2. The molecule has 2 unspecified atom stereocenters. The highest BCUT2D eigenvalue weighted by Gasteiger charge is 2.34. The van der Waals surface area contributed by atoms with Gasteiger partial charge in [0, 0.05) is 26.6 Å². The van der Waals surface area contributed by atoms with Gasteiger partial charge in [0.1, 0.15) is 5.82 Å². The van der Waals surface area contributed by atoms with Gasteiger partial charge in [0.05, 0.1) is 11.9 Å². The summed E-state index contributed by atoms with van der Waals surface area (Å²) in [7, 11) is 3.64. The number of carbonyl (C=O) groups is 1. The van der Waals surface area contributed by atoms with Crippen LogP contribution in [0.1, 0.15) is 49.4 Å². The van der Waals surface area contributed by atoms with Crippen LogP contribution in [-0.2, 0) is 0 Å². The number of anilines is 1. The Bertz CT molecular complexity index is 501. The van der Waals surface area contributed by atoms with Gasteiger partial charge in [-0.05, 0) is 18.3 Å². The minimum absolute atomic E-state index is 0.0299. The Morgan fingerprint density at radius 2 is 2.20 bits per heavy atom. The van der Waals surface area contributed by atoms with Gasteiger partial charge in [0.25, 0.3) is 5.91 Å². The van der Waals surface area contributed by atoms with Gasteiger partial charge in [0.2, 0.25) is 0 Å². The van der Waals surface area contributed by atoms with Gasteiger partial charge in [-0.1, -0.05) is 20.8 Å². The standard InChI is InChI=1S/C15H24N4O/c1-9(2)14-17-7-12(16-4)13(18-14)15(20)19(5)8-11-6-10(11)3/h7,9-11,16H,6,8H2,1-5H3. The fourth-order valence-electron chi connectivity index (χ4n) is 2.29. The summed E-state index contributed by atoms with van der Waals surface area (Å²) >= 11 is 0. The fraction of sp³-hybridized carbons (Fsp3) is 0.667. The van der Waals surface area contributed by atoms with Gasteiger partial charge in [-0.25, -0.2) is 9.97 Å². The molecule has 1 aromatic heterocycles. The van der Waals surface area contributed by atoms with Crippen molar-refractivity contribution in [2.75, 3.05) is 26.0 Å². The van der Waals surface area contributed by atoms with E-state index in [1.54, 1.807) is 18.1 Å². The van der Waals surface area contributed by atoms with Crippen LogP contribution in [0.4, 0.5) is 5.69 Å². The van der Waals surface area contributed by atoms with Crippen molar-refractivity contribution in [3.05, 3.63) is 17.7 Å². The molecule has 1 amide bonds. The van der Waals surface area contributed by atoms with Crippen LogP contribution in [0.2, 0.25) is 0 Å². The minimum atomic E-state index is -0.0299. The molecule has 1 aromatic rings. The summed E-state index contributed by atoms with van der Waals surface area (Å²) in [6.45, 7) is 7.09. The Balaban J connectivity index is 2.20. The van der Waals surface area contributed by atoms with Gasteiger partial charge < -0.3 is 10.2 Å². The molecule has 0 bridgehead atoms. The van der Waals surface area contributed by atoms with Crippen molar-refractivity contribution in [2.24, 2.45) is 11.8 Å². The van der Waals surface area contributed by atoms with E-state index in [1.807, 2.05) is 20.9 Å². The Morgan fingerprint density at radius 3 is 2.70 bits per heavy atom. The molecule has 1 heterocycles. The first-order valence-electron chi connectivity index (χ1n) is 7.24. The third kappa shape index (κ3) is 3.08. The lowest BCUT2D eigenvalue weighted by Gasteiger charge is -2.19. The van der Waals surface area contributed by atoms with Crippen molar-refractivity contribution >= 4 is 11.6 Å². The zero-order valence-electron chi connectivity index (χ0n) is 13.0. The first kappa shape index (κ1) is 14.8. The Labute approximate surface area is 120 Å². The number of nitrogens with one attached hydrogen (secondary N) is 1. The van der Waals surface area contributed by atoms with Gasteiger partial charge in [-0.15, -0.1) is 0 Å². The molecule has 5 heteroatoms. The van der Waals surface area contributed by atoms with Gasteiger partial charge in [-0.2, -0.15) is 0 Å². The highest BCUT2D eigenvalue weighted by atomic mass is 16.2. The maximum Gasteiger partial charge on any atom is 0.274 e. The zero-order chi connectivity index (χ0) is 14.9. The van der Waals surface area contributed by atoms with E-state index in [0.29, 0.717) is 23.1 Å². The zero-order valence-corrected chi connectivity index (χ0v) is 13.0. The minimum Gasteiger partial charge on any atom is -0.385 e. The molecule has 1 aliphatic rings. The largest absolute Gasteiger partial charge is 0.385 e. The van der Waals surface area contributed by atoms with Crippen molar-refractivity contribution < 1.29 is 4.79 Å². The maximum atomic E-state index is 12.6. The highest BCUT2D eigenvalue weighted by Crippen LogP contribution is 2.38. The van der Waals surface area contributed by atoms with E-state index in [-0.39, 0.29) is 11.8 Å². The number of carbonyl (C=O) groups excluding carboxylic acids is 1. The van der Waals surface area contributed by atoms with E-state index in [9.17, 15) is 4.79 Å². The van der Waals surface area contributed by atoms with Crippen LogP contribution in [0.25, 0.3) is 0 Å². The topological polar surface area (TPSA) is 58.1 Å². The molecule has 0 spiro atoms. The van der Waals surface area contributed by atoms with Crippen LogP contribution in [0.3, 0.4) is 0 Å². The van der Waals surface area contributed by atoms with Crippen LogP contribution in [0.5, 0.6) is 0 Å². The van der Waals surface area contributed by atoms with Gasteiger partial charge in [-0.3, -0.25) is 4.79 Å². The first-order valence-corrected chi connectivity index (χ1v) is 7.24. The summed E-state index contributed by atoms with van der Waals surface area (Å²) in [4.78, 5) is 23.1. The van der Waals surface area contributed by atoms with Crippen LogP contribution in [0, 0.1) is 11.8 Å². The average molecular weight is 276 g/mol. The van der Waals surface area contributed by atoms with E-state index in [0.717, 1.165) is 12.5 Å². The molecule has 0 aromatic carbocycles. The number of hydrogen-bond acceptors (Lipinski definition) is 4. The molecule has 1 aliphatic carbocycles. The lowest BCUT2D eigenvalue weighted by Crippen LogP contribution is -2.30. The molecule has 1 fully saturated rings. The van der Waals surface area contributed by atoms with Gasteiger partial charge in [0.15, 0.2) is 5.69 Å². The molecule has 0 saturated heterocycles. The molecule has 2 atom stereocenters. The summed E-state index contributed by atoms with van der Waals surface area (Å²) in [5, 5.41) is 3.00. The van der Waals surface area contributed by atoms with Crippen LogP contribution < -0.4 is 5.32 Å².